The maximum atomic E-state index is 6.03. The van der Waals surface area contributed by atoms with Crippen molar-refractivity contribution < 1.29 is 23.4 Å². The number of hydrogen-bond acceptors (Lipinski definition) is 4. The molecule has 12 aromatic carbocycles. The van der Waals surface area contributed by atoms with Gasteiger partial charge in [-0.2, -0.15) is 11.6 Å². The Morgan fingerprint density at radius 2 is 0.842 bits per heavy atom. The fourth-order valence-electron chi connectivity index (χ4n) is 12.6. The molecule has 0 saturated carbocycles. The minimum absolute atomic E-state index is 0.749. The molecule has 0 radical (unpaired) electrons. The lowest BCUT2D eigenvalue weighted by atomic mass is 9.45. The van der Waals surface area contributed by atoms with Crippen molar-refractivity contribution in [1.29, 1.82) is 0 Å². The molecule has 0 bridgehead atoms. The maximum absolute atomic E-state index is 6.03. The van der Waals surface area contributed by atoms with Crippen LogP contribution in [0.15, 0.2) is 194 Å². The summed E-state index contributed by atoms with van der Waals surface area (Å²) < 4.78 is 28.5. The fourth-order valence-corrected chi connectivity index (χ4v) is 12.6. The summed E-state index contributed by atoms with van der Waals surface area (Å²) >= 11 is 0. The molecule has 0 atom stereocenters. The molecule has 15 rings (SSSR count). The van der Waals surface area contributed by atoms with E-state index in [1.165, 1.54) is 53.9 Å². The fraction of sp³-hybridized carbons (Fsp3) is 0.0580. The van der Waals surface area contributed by atoms with Crippen LogP contribution in [0.1, 0.15) is 33.5 Å². The van der Waals surface area contributed by atoms with Gasteiger partial charge in [-0.15, -0.1) is 11.8 Å². The molecule has 0 fully saturated rings. The molecule has 0 unspecified atom stereocenters. The van der Waals surface area contributed by atoms with E-state index in [2.05, 4.69) is 208 Å². The molecule has 76 heavy (non-hydrogen) atoms. The Bertz CT molecular complexity index is 4610. The van der Waals surface area contributed by atoms with Crippen molar-refractivity contribution in [3.05, 3.63) is 228 Å². The average Bonchev–Trinajstić information content (AvgIpc) is 4.16. The molecule has 2 aliphatic rings. The van der Waals surface area contributed by atoms with Gasteiger partial charge in [-0.25, -0.2) is 0 Å². The van der Waals surface area contributed by atoms with E-state index in [1.54, 1.807) is 28.4 Å². The third kappa shape index (κ3) is 6.24. The van der Waals surface area contributed by atoms with Crippen molar-refractivity contribution in [2.45, 2.75) is 0 Å². The van der Waals surface area contributed by atoms with Gasteiger partial charge in [0.05, 0.1) is 39.6 Å². The Morgan fingerprint density at radius 3 is 1.38 bits per heavy atom. The molecule has 0 saturated heterocycles. The lowest BCUT2D eigenvalue weighted by Crippen LogP contribution is -2.56. The van der Waals surface area contributed by atoms with Crippen LogP contribution in [-0.4, -0.2) is 49.5 Å². The molecule has 3 heterocycles. The number of ether oxygens (including phenoxy) is 4. The van der Waals surface area contributed by atoms with Crippen molar-refractivity contribution in [3.8, 4) is 57.7 Å². The lowest BCUT2D eigenvalue weighted by molar-refractivity contribution is -0.279. The van der Waals surface area contributed by atoms with Crippen LogP contribution in [-0.2, 0) is 0 Å². The van der Waals surface area contributed by atoms with Gasteiger partial charge in [-0.1, -0.05) is 97.1 Å². The second-order valence-electron chi connectivity index (χ2n) is 19.9. The van der Waals surface area contributed by atoms with Crippen LogP contribution in [0.4, 0.5) is 0 Å². The van der Waals surface area contributed by atoms with Gasteiger partial charge in [0.25, 0.3) is 0 Å². The highest BCUT2D eigenvalue weighted by molar-refractivity contribution is 6.88. The zero-order chi connectivity index (χ0) is 50.8. The average molecular weight is 977 g/mol. The zero-order valence-corrected chi connectivity index (χ0v) is 42.2. The van der Waals surface area contributed by atoms with E-state index >= 15 is 0 Å². The molecular weight excluding hydrogens is 932 g/mol. The van der Waals surface area contributed by atoms with Crippen molar-refractivity contribution in [1.82, 2.24) is 4.48 Å². The Balaban J connectivity index is 1.14. The topological polar surface area (TPSA) is 44.9 Å². The first kappa shape index (κ1) is 43.6. The van der Waals surface area contributed by atoms with Crippen LogP contribution in [0.5, 0.6) is 23.0 Å². The summed E-state index contributed by atoms with van der Waals surface area (Å²) in [4.78, 5) is 0. The van der Waals surface area contributed by atoms with Gasteiger partial charge in [-0.3, -0.25) is 0 Å². The number of benzene rings is 12. The minimum atomic E-state index is -2.61. The number of fused-ring (bicyclic) bond motifs is 6. The molecule has 0 N–H and O–H groups in total. The van der Waals surface area contributed by atoms with Gasteiger partial charge in [0.2, 0.25) is 0 Å². The summed E-state index contributed by atoms with van der Waals surface area (Å²) in [6.07, 6.45) is -0.273. The van der Waals surface area contributed by atoms with Gasteiger partial charge < -0.3 is 27.9 Å². The molecule has 0 aliphatic carbocycles. The van der Waals surface area contributed by atoms with Gasteiger partial charge in [0.1, 0.15) is 23.0 Å². The molecule has 2 aliphatic heterocycles. The molecule has 1 aromatic heterocycles. The summed E-state index contributed by atoms with van der Waals surface area (Å²) in [7, 11) is 6.85. The van der Waals surface area contributed by atoms with Crippen LogP contribution >= 0.6 is 0 Å². The van der Waals surface area contributed by atoms with E-state index in [9.17, 15) is 0 Å². The van der Waals surface area contributed by atoms with Gasteiger partial charge >= 0.3 is 6.42 Å². The molecule has 7 heteroatoms. The van der Waals surface area contributed by atoms with E-state index in [4.69, 9.17) is 18.9 Å². The third-order valence-electron chi connectivity index (χ3n) is 16.1. The number of hydrogen-bond donors (Lipinski definition) is 0. The van der Waals surface area contributed by atoms with Crippen molar-refractivity contribution >= 4 is 99.3 Å². The largest absolute Gasteiger partial charge is 0.521 e. The van der Waals surface area contributed by atoms with Crippen LogP contribution in [0.3, 0.4) is 0 Å². The predicted octanol–water partition coefficient (Wildman–Crippen LogP) is 15.0. The van der Waals surface area contributed by atoms with E-state index in [0.29, 0.717) is 0 Å². The number of aromatic nitrogens is 1. The molecule has 6 nitrogen and oxygen atoms in total. The predicted molar refractivity (Wildman–Crippen MR) is 313 cm³/mol. The summed E-state index contributed by atoms with van der Waals surface area (Å²) in [5.41, 5.74) is 9.75. The summed E-state index contributed by atoms with van der Waals surface area (Å²) in [6.45, 7) is 0. The highest BCUT2D eigenvalue weighted by Gasteiger charge is 2.52. The van der Waals surface area contributed by atoms with E-state index in [0.717, 1.165) is 101 Å². The molecule has 13 aromatic rings. The third-order valence-corrected chi connectivity index (χ3v) is 16.1. The molecule has 358 valence electrons. The molecular formula is C69H45BN2O4. The first-order valence-electron chi connectivity index (χ1n) is 25.6. The van der Waals surface area contributed by atoms with Crippen LogP contribution < -0.4 is 18.9 Å². The standard InChI is InChI=1S/C69H45BN2O4/c1-73-52-25-19-50(20-26-52)68-60-39-54(75-3)29-33-58(60)62-41-63-59-34-30-55(76-4)40-61(59)69(51-21-27-53(74-2)28-22-51)72(63)70(71(62)68,37-35-42-11-13-48-17-15-44-7-5-9-46-23-31-56(42)66(48)64(44)46)38-36-43-12-14-49-18-16-45-8-6-10-47-24-32-57(43)67(49)65(45)47/h5-34,39-41H,1-4H3. The number of methoxy groups -OCH3 is 4. The molecule has 0 amide bonds. The van der Waals surface area contributed by atoms with Gasteiger partial charge in [0, 0.05) is 44.9 Å². The zero-order valence-electron chi connectivity index (χ0n) is 42.2. The summed E-state index contributed by atoms with van der Waals surface area (Å²) in [5.74, 6) is 19.3. The minimum Gasteiger partial charge on any atom is -0.497 e. The molecule has 0 spiro atoms. The second-order valence-corrected chi connectivity index (χ2v) is 19.9. The van der Waals surface area contributed by atoms with Crippen LogP contribution in [0, 0.1) is 23.5 Å². The SMILES string of the molecule is COc1ccc(C2=[N+]3C(=Cc4c5ccc(OC)cc5c(-c5ccc(OC)cc5)n4[B-]3(C#Cc3ccc4ccc5cccc6ccc3c4c56)C#Cc3ccc4ccc5cccc6ccc3c4c56)c3ccc(OC)cc32)cc1. The quantitative estimate of drug-likeness (QED) is 0.0946. The smallest absolute Gasteiger partial charge is 0.497 e. The highest BCUT2D eigenvalue weighted by Crippen LogP contribution is 2.48. The monoisotopic (exact) mass is 976 g/mol. The van der Waals surface area contributed by atoms with Crippen molar-refractivity contribution in [3.63, 3.8) is 0 Å². The summed E-state index contributed by atoms with van der Waals surface area (Å²) in [6, 6.07) is 69.2. The second kappa shape index (κ2) is 16.5. The first-order chi connectivity index (χ1) is 37.4. The van der Waals surface area contributed by atoms with Crippen LogP contribution in [0.2, 0.25) is 0 Å². The summed E-state index contributed by atoms with van der Waals surface area (Å²) in [5, 5.41) is 16.3. The maximum Gasteiger partial charge on any atom is 0.521 e. The normalized spacial score (nSPS) is 13.4. The Kier molecular flexibility index (Phi) is 9.49. The van der Waals surface area contributed by atoms with E-state index < -0.39 is 6.42 Å². The van der Waals surface area contributed by atoms with Gasteiger partial charge in [-0.05, 0) is 167 Å². The van der Waals surface area contributed by atoms with Crippen molar-refractivity contribution in [2.75, 3.05) is 28.4 Å². The Morgan fingerprint density at radius 1 is 0.395 bits per heavy atom. The Hall–Kier alpha value is -9.95. The lowest BCUT2D eigenvalue weighted by Gasteiger charge is -2.37. The number of rotatable bonds is 6. The van der Waals surface area contributed by atoms with E-state index in [-0.39, 0.29) is 0 Å². The van der Waals surface area contributed by atoms with Gasteiger partial charge in [0.15, 0.2) is 11.4 Å². The highest BCUT2D eigenvalue weighted by atomic mass is 16.5. The Labute approximate surface area is 438 Å². The van der Waals surface area contributed by atoms with Crippen molar-refractivity contribution in [2.24, 2.45) is 0 Å². The van der Waals surface area contributed by atoms with Crippen LogP contribution in [0.25, 0.3) is 98.4 Å². The number of nitrogens with zero attached hydrogens (tertiary/aromatic N) is 2. The first-order valence-corrected chi connectivity index (χ1v) is 25.6. The van der Waals surface area contributed by atoms with E-state index in [1.807, 2.05) is 24.3 Å².